The van der Waals surface area contributed by atoms with Crippen LogP contribution < -0.4 is 10.2 Å². The number of aromatic nitrogens is 5. The summed E-state index contributed by atoms with van der Waals surface area (Å²) in [6.45, 7) is 0. The van der Waals surface area contributed by atoms with Crippen LogP contribution in [0.1, 0.15) is 43.5 Å². The zero-order chi connectivity index (χ0) is 21.7. The smallest absolute Gasteiger partial charge is 0.245 e. The lowest BCUT2D eigenvalue weighted by Gasteiger charge is -2.37. The van der Waals surface area contributed by atoms with Gasteiger partial charge in [-0.2, -0.15) is 5.26 Å². The molecule has 0 radical (unpaired) electrons. The first-order valence-electron chi connectivity index (χ1n) is 11.0. The summed E-state index contributed by atoms with van der Waals surface area (Å²) in [6, 6.07) is 9.38. The summed E-state index contributed by atoms with van der Waals surface area (Å²) >= 11 is 1.18. The maximum absolute atomic E-state index is 10.6. The molecule has 1 saturated carbocycles. The Hall–Kier alpha value is -3.16. The molecule has 3 aliphatic rings. The Balaban J connectivity index is 1.24. The highest BCUT2D eigenvalue weighted by Crippen LogP contribution is 2.38. The third kappa shape index (κ3) is 3.57. The number of phenols is 1. The van der Waals surface area contributed by atoms with Crippen molar-refractivity contribution in [2.24, 2.45) is 0 Å². The predicted molar refractivity (Wildman–Crippen MR) is 119 cm³/mol. The van der Waals surface area contributed by atoms with Crippen LogP contribution in [-0.4, -0.2) is 54.7 Å². The minimum Gasteiger partial charge on any atom is -0.507 e. The zero-order valence-corrected chi connectivity index (χ0v) is 18.2. The van der Waals surface area contributed by atoms with Crippen LogP contribution in [0.25, 0.3) is 21.8 Å². The Kier molecular flexibility index (Phi) is 4.73. The van der Waals surface area contributed by atoms with Crippen LogP contribution >= 0.6 is 11.3 Å². The van der Waals surface area contributed by atoms with Crippen LogP contribution in [0.2, 0.25) is 0 Å². The second-order valence-electron chi connectivity index (χ2n) is 8.80. The van der Waals surface area contributed by atoms with Crippen molar-refractivity contribution in [3.63, 3.8) is 0 Å². The van der Waals surface area contributed by atoms with E-state index in [4.69, 9.17) is 5.26 Å². The lowest BCUT2D eigenvalue weighted by Crippen LogP contribution is -2.49. The normalized spacial score (nSPS) is 24.3. The Morgan fingerprint density at radius 3 is 2.47 bits per heavy atom. The largest absolute Gasteiger partial charge is 0.507 e. The molecule has 2 aromatic heterocycles. The van der Waals surface area contributed by atoms with Gasteiger partial charge in [0, 0.05) is 35.3 Å². The Morgan fingerprint density at radius 1 is 1.03 bits per heavy atom. The third-order valence-corrected chi connectivity index (χ3v) is 7.48. The molecule has 162 valence electrons. The van der Waals surface area contributed by atoms with Crippen LogP contribution in [-0.2, 0) is 0 Å². The monoisotopic (exact) mass is 446 g/mol. The fourth-order valence-corrected chi connectivity index (χ4v) is 5.65. The number of hydrogen-bond donors (Lipinski definition) is 2. The zero-order valence-electron chi connectivity index (χ0n) is 17.3. The average Bonchev–Trinajstić information content (AvgIpc) is 3.41. The Bertz CT molecular complexity index is 1170. The van der Waals surface area contributed by atoms with Crippen molar-refractivity contribution in [2.75, 3.05) is 4.90 Å². The number of rotatable bonds is 5. The van der Waals surface area contributed by atoms with Crippen molar-refractivity contribution in [3.8, 4) is 33.6 Å². The van der Waals surface area contributed by atoms with Gasteiger partial charge >= 0.3 is 0 Å². The van der Waals surface area contributed by atoms with Gasteiger partial charge in [-0.3, -0.25) is 0 Å². The SMILES string of the molecule is N#Cc1nnc(-c2ccc(-c3cnc(N(C4CC4)C4C[C@@H]5CC[C@@H](C4)N5)nn3)c(O)c2)s1. The fourth-order valence-electron chi connectivity index (χ4n) is 5.01. The predicted octanol–water partition coefficient (Wildman–Crippen LogP) is 2.89. The molecule has 9 nitrogen and oxygen atoms in total. The molecule has 6 rings (SSSR count). The van der Waals surface area contributed by atoms with Crippen molar-refractivity contribution in [3.05, 3.63) is 29.4 Å². The number of benzene rings is 1. The van der Waals surface area contributed by atoms with E-state index < -0.39 is 0 Å². The number of hydrogen-bond acceptors (Lipinski definition) is 10. The Morgan fingerprint density at radius 2 is 1.84 bits per heavy atom. The molecule has 0 spiro atoms. The maximum Gasteiger partial charge on any atom is 0.245 e. The van der Waals surface area contributed by atoms with Gasteiger partial charge in [-0.15, -0.1) is 20.4 Å². The number of aromatic hydroxyl groups is 1. The van der Waals surface area contributed by atoms with E-state index >= 15 is 0 Å². The van der Waals surface area contributed by atoms with Gasteiger partial charge in [0.25, 0.3) is 0 Å². The molecule has 1 aromatic carbocycles. The molecule has 0 unspecified atom stereocenters. The van der Waals surface area contributed by atoms with Gasteiger partial charge in [0.1, 0.15) is 22.5 Å². The topological polar surface area (TPSA) is 124 Å². The molecule has 2 N–H and O–H groups in total. The van der Waals surface area contributed by atoms with Gasteiger partial charge in [0.15, 0.2) is 0 Å². The summed E-state index contributed by atoms with van der Waals surface area (Å²) in [5, 5.41) is 40.8. The average molecular weight is 447 g/mol. The molecule has 2 bridgehead atoms. The standard InChI is InChI=1S/C22H22N8OS/c23-10-20-27-28-21(32-20)12-1-6-17(19(31)7-12)18-11-24-22(29-26-18)30(15-4-5-15)16-8-13-2-3-14(9-16)25-13/h1,6-7,11,13-16,25,31H,2-5,8-9H2/t13-,14-/m0/s1. The van der Waals surface area contributed by atoms with Crippen LogP contribution in [0, 0.1) is 11.3 Å². The van der Waals surface area contributed by atoms with E-state index in [-0.39, 0.29) is 10.8 Å². The van der Waals surface area contributed by atoms with Gasteiger partial charge in [0.2, 0.25) is 11.0 Å². The van der Waals surface area contributed by atoms with Crippen molar-refractivity contribution in [1.82, 2.24) is 30.7 Å². The number of anilines is 1. The third-order valence-electron chi connectivity index (χ3n) is 6.60. The molecule has 0 amide bonds. The second kappa shape index (κ2) is 7.76. The summed E-state index contributed by atoms with van der Waals surface area (Å²) < 4.78 is 0. The van der Waals surface area contributed by atoms with E-state index in [1.807, 2.05) is 12.1 Å². The first-order chi connectivity index (χ1) is 15.7. The van der Waals surface area contributed by atoms with E-state index in [9.17, 15) is 5.11 Å². The van der Waals surface area contributed by atoms with Crippen molar-refractivity contribution in [2.45, 2.75) is 62.7 Å². The molecular weight excluding hydrogens is 424 g/mol. The number of piperidine rings is 1. The minimum absolute atomic E-state index is 0.0639. The summed E-state index contributed by atoms with van der Waals surface area (Å²) in [6.07, 6.45) is 8.88. The molecule has 4 heterocycles. The van der Waals surface area contributed by atoms with Gasteiger partial charge in [0.05, 0.1) is 6.20 Å². The number of fused-ring (bicyclic) bond motifs is 2. The second-order valence-corrected chi connectivity index (χ2v) is 9.78. The van der Waals surface area contributed by atoms with E-state index in [0.29, 0.717) is 51.9 Å². The number of nitrogens with one attached hydrogen (secondary N) is 1. The summed E-state index contributed by atoms with van der Waals surface area (Å²) in [4.78, 5) is 7.06. The van der Waals surface area contributed by atoms with Crippen LogP contribution in [0.3, 0.4) is 0 Å². The van der Waals surface area contributed by atoms with Gasteiger partial charge in [-0.05, 0) is 50.7 Å². The summed E-state index contributed by atoms with van der Waals surface area (Å²) in [5.41, 5.74) is 1.78. The van der Waals surface area contributed by atoms with E-state index in [1.54, 1.807) is 18.3 Å². The quantitative estimate of drug-likeness (QED) is 0.609. The van der Waals surface area contributed by atoms with Crippen molar-refractivity contribution in [1.29, 1.82) is 5.26 Å². The molecule has 2 saturated heterocycles. The van der Waals surface area contributed by atoms with Gasteiger partial charge in [-0.1, -0.05) is 17.4 Å². The van der Waals surface area contributed by atoms with E-state index in [1.165, 1.54) is 37.0 Å². The highest BCUT2D eigenvalue weighted by molar-refractivity contribution is 7.15. The van der Waals surface area contributed by atoms with Gasteiger partial charge in [-0.25, -0.2) is 4.98 Å². The summed E-state index contributed by atoms with van der Waals surface area (Å²) in [7, 11) is 0. The van der Waals surface area contributed by atoms with E-state index in [0.717, 1.165) is 12.8 Å². The summed E-state index contributed by atoms with van der Waals surface area (Å²) in [5.74, 6) is 0.755. The molecular formula is C22H22N8OS. The highest BCUT2D eigenvalue weighted by atomic mass is 32.1. The lowest BCUT2D eigenvalue weighted by molar-refractivity contribution is 0.342. The van der Waals surface area contributed by atoms with Crippen LogP contribution in [0.5, 0.6) is 5.75 Å². The first-order valence-corrected chi connectivity index (χ1v) is 11.8. The van der Waals surface area contributed by atoms with Crippen LogP contribution in [0.15, 0.2) is 24.4 Å². The molecule has 1 aliphatic carbocycles. The fraction of sp³-hybridized carbons (Fsp3) is 0.455. The minimum atomic E-state index is 0.0639. The lowest BCUT2D eigenvalue weighted by atomic mass is 9.98. The van der Waals surface area contributed by atoms with Gasteiger partial charge < -0.3 is 15.3 Å². The molecule has 32 heavy (non-hydrogen) atoms. The molecule has 2 aliphatic heterocycles. The first kappa shape index (κ1) is 19.5. The maximum atomic E-state index is 10.6. The Labute approximate surface area is 189 Å². The van der Waals surface area contributed by atoms with Crippen LogP contribution in [0.4, 0.5) is 5.95 Å². The molecule has 3 aromatic rings. The highest BCUT2D eigenvalue weighted by Gasteiger charge is 2.42. The van der Waals surface area contributed by atoms with E-state index in [2.05, 4.69) is 35.6 Å². The molecule has 2 atom stereocenters. The van der Waals surface area contributed by atoms with Crippen molar-refractivity contribution >= 4 is 17.3 Å². The number of phenolic OH excluding ortho intramolecular Hbond substituents is 1. The number of nitrogens with zero attached hydrogens (tertiary/aromatic N) is 7. The number of nitriles is 1. The van der Waals surface area contributed by atoms with Crippen molar-refractivity contribution < 1.29 is 5.11 Å². The molecule has 3 fully saturated rings. The molecule has 10 heteroatoms.